The standard InChI is InChI=1S/C15H26B2O7P2/c1-13(2)20-5-9(21-13)15(6-18-7-25-16)11(19-8-26-17)10-12(24-15)23-14(3,4)22-10/h9-12,25-26H,5-8H2,1-4H3/t9-,10-,11+,12+,15+/m1/s1. The van der Waals surface area contributed by atoms with Gasteiger partial charge in [-0.05, 0) is 27.7 Å². The molecule has 0 amide bonds. The third kappa shape index (κ3) is 4.32. The highest BCUT2D eigenvalue weighted by molar-refractivity contribution is 7.66. The average Bonchev–Trinajstić information content (AvgIpc) is 3.14. The molecule has 3 rings (SSSR count). The molecule has 0 bridgehead atoms. The van der Waals surface area contributed by atoms with E-state index in [1.54, 1.807) is 0 Å². The van der Waals surface area contributed by atoms with Crippen LogP contribution in [-0.4, -0.2) is 82.8 Å². The van der Waals surface area contributed by atoms with E-state index >= 15 is 0 Å². The van der Waals surface area contributed by atoms with Gasteiger partial charge in [-0.1, -0.05) is 0 Å². The summed E-state index contributed by atoms with van der Waals surface area (Å²) >= 11 is 0. The molecule has 3 saturated heterocycles. The molecule has 3 aliphatic rings. The van der Waals surface area contributed by atoms with Crippen molar-refractivity contribution in [2.45, 2.75) is 69.5 Å². The molecule has 0 aliphatic carbocycles. The summed E-state index contributed by atoms with van der Waals surface area (Å²) in [6.45, 7) is 8.03. The predicted molar refractivity (Wildman–Crippen MR) is 101 cm³/mol. The van der Waals surface area contributed by atoms with Crippen LogP contribution in [0.1, 0.15) is 27.7 Å². The Morgan fingerprint density at radius 1 is 0.962 bits per heavy atom. The lowest BCUT2D eigenvalue weighted by Gasteiger charge is -2.40. The van der Waals surface area contributed by atoms with Crippen LogP contribution in [0, 0.1) is 0 Å². The first-order valence-corrected chi connectivity index (χ1v) is 11.2. The number of rotatable bonds is 8. The highest BCUT2D eigenvalue weighted by Gasteiger charge is 2.67. The Kier molecular flexibility index (Phi) is 6.77. The van der Waals surface area contributed by atoms with Gasteiger partial charge in [-0.2, -0.15) is 0 Å². The van der Waals surface area contributed by atoms with Gasteiger partial charge in [0.25, 0.3) is 0 Å². The summed E-state index contributed by atoms with van der Waals surface area (Å²) in [6.07, 6.45) is -1.03. The summed E-state index contributed by atoms with van der Waals surface area (Å²) < 4.78 is 42.1. The van der Waals surface area contributed by atoms with Gasteiger partial charge in [-0.25, -0.2) is 0 Å². The summed E-state index contributed by atoms with van der Waals surface area (Å²) in [7, 11) is 11.6. The number of hydrogen-bond acceptors (Lipinski definition) is 7. The van der Waals surface area contributed by atoms with Crippen LogP contribution in [0.4, 0.5) is 0 Å². The summed E-state index contributed by atoms with van der Waals surface area (Å²) in [6, 6.07) is 0. The molecule has 26 heavy (non-hydrogen) atoms. The Hall–Kier alpha value is 0.710. The molecule has 0 saturated carbocycles. The summed E-state index contributed by atoms with van der Waals surface area (Å²) in [5.41, 5.74) is -0.932. The van der Waals surface area contributed by atoms with Crippen LogP contribution in [0.3, 0.4) is 0 Å². The van der Waals surface area contributed by atoms with Crippen LogP contribution in [0.5, 0.6) is 0 Å². The van der Waals surface area contributed by atoms with Crippen LogP contribution in [-0.2, 0) is 33.2 Å². The van der Waals surface area contributed by atoms with Crippen molar-refractivity contribution in [3.05, 3.63) is 0 Å². The van der Waals surface area contributed by atoms with Gasteiger partial charge in [0.15, 0.2) is 23.5 Å². The minimum Gasteiger partial charge on any atom is -0.375 e. The van der Waals surface area contributed by atoms with Crippen LogP contribution >= 0.6 is 16.9 Å². The molecule has 0 N–H and O–H groups in total. The molecule has 0 spiro atoms. The second-order valence-electron chi connectivity index (χ2n) is 7.49. The van der Waals surface area contributed by atoms with Crippen molar-refractivity contribution in [1.29, 1.82) is 0 Å². The Bertz CT molecular complexity index is 499. The maximum Gasteiger partial charge on any atom is 0.190 e. The first-order chi connectivity index (χ1) is 12.2. The van der Waals surface area contributed by atoms with Gasteiger partial charge >= 0.3 is 0 Å². The lowest BCUT2D eigenvalue weighted by Crippen LogP contribution is -2.58. The zero-order chi connectivity index (χ0) is 19.0. The first-order valence-electron chi connectivity index (χ1n) is 8.64. The largest absolute Gasteiger partial charge is 0.375 e. The van der Waals surface area contributed by atoms with Crippen molar-refractivity contribution in [3.63, 3.8) is 0 Å². The van der Waals surface area contributed by atoms with Crippen LogP contribution in [0.15, 0.2) is 0 Å². The van der Waals surface area contributed by atoms with E-state index in [0.717, 1.165) is 0 Å². The predicted octanol–water partition coefficient (Wildman–Crippen LogP) is 1.23. The van der Waals surface area contributed by atoms with Crippen LogP contribution in [0.25, 0.3) is 0 Å². The van der Waals surface area contributed by atoms with Gasteiger partial charge in [0.2, 0.25) is 0 Å². The Labute approximate surface area is 161 Å². The van der Waals surface area contributed by atoms with Crippen LogP contribution in [0.2, 0.25) is 0 Å². The molecule has 4 radical (unpaired) electrons. The molecule has 2 unspecified atom stereocenters. The molecule has 0 aromatic rings. The molecule has 7 atom stereocenters. The highest BCUT2D eigenvalue weighted by Crippen LogP contribution is 2.48. The number of hydrogen-bond donors (Lipinski definition) is 0. The van der Waals surface area contributed by atoms with E-state index in [0.29, 0.717) is 19.3 Å². The second-order valence-corrected chi connectivity index (χ2v) is 8.89. The summed E-state index contributed by atoms with van der Waals surface area (Å²) in [5.74, 6) is -1.46. The molecule has 3 heterocycles. The van der Waals surface area contributed by atoms with Crippen molar-refractivity contribution < 1.29 is 33.2 Å². The molecule has 3 aliphatic heterocycles. The van der Waals surface area contributed by atoms with E-state index in [1.807, 2.05) is 27.7 Å². The zero-order valence-corrected chi connectivity index (χ0v) is 17.7. The van der Waals surface area contributed by atoms with Gasteiger partial charge in [-0.15, -0.1) is 16.9 Å². The molecule has 144 valence electrons. The Balaban J connectivity index is 1.87. The van der Waals surface area contributed by atoms with Crippen molar-refractivity contribution >= 4 is 32.1 Å². The molecular formula is C15H26B2O7P2. The second kappa shape index (κ2) is 8.22. The molecule has 0 aromatic carbocycles. The van der Waals surface area contributed by atoms with Gasteiger partial charge in [0.05, 0.1) is 25.9 Å². The van der Waals surface area contributed by atoms with E-state index < -0.39 is 41.8 Å². The summed E-state index contributed by atoms with van der Waals surface area (Å²) in [5, 5.41) is 0. The molecule has 0 aromatic heterocycles. The Morgan fingerprint density at radius 2 is 1.69 bits per heavy atom. The minimum absolute atomic E-state index is 0.146. The average molecular weight is 402 g/mol. The smallest absolute Gasteiger partial charge is 0.190 e. The molecule has 3 fully saturated rings. The van der Waals surface area contributed by atoms with Gasteiger partial charge < -0.3 is 33.2 Å². The topological polar surface area (TPSA) is 64.6 Å². The quantitative estimate of drug-likeness (QED) is 0.344. The lowest BCUT2D eigenvalue weighted by molar-refractivity contribution is -0.277. The van der Waals surface area contributed by atoms with Crippen molar-refractivity contribution in [3.8, 4) is 0 Å². The fourth-order valence-corrected chi connectivity index (χ4v) is 4.15. The van der Waals surface area contributed by atoms with E-state index in [9.17, 15) is 0 Å². The maximum absolute atomic E-state index is 6.36. The van der Waals surface area contributed by atoms with Crippen molar-refractivity contribution in [1.82, 2.24) is 0 Å². The summed E-state index contributed by atoms with van der Waals surface area (Å²) in [4.78, 5) is 0. The van der Waals surface area contributed by atoms with Crippen LogP contribution < -0.4 is 0 Å². The fraction of sp³-hybridized carbons (Fsp3) is 1.00. The normalized spacial score (nSPS) is 41.7. The fourth-order valence-electron chi connectivity index (χ4n) is 3.65. The lowest BCUT2D eigenvalue weighted by atomic mass is 9.90. The van der Waals surface area contributed by atoms with E-state index in [2.05, 4.69) is 0 Å². The number of ether oxygens (including phenoxy) is 7. The van der Waals surface area contributed by atoms with E-state index in [-0.39, 0.29) is 23.5 Å². The van der Waals surface area contributed by atoms with Crippen molar-refractivity contribution in [2.24, 2.45) is 0 Å². The zero-order valence-electron chi connectivity index (χ0n) is 15.7. The van der Waals surface area contributed by atoms with E-state index in [4.69, 9.17) is 48.3 Å². The number of fused-ring (bicyclic) bond motifs is 1. The van der Waals surface area contributed by atoms with Crippen molar-refractivity contribution in [2.75, 3.05) is 25.9 Å². The molecule has 11 heteroatoms. The molecular weight excluding hydrogens is 376 g/mol. The SMILES string of the molecule is [B]PCOC[C@@]1([C@H]2COC(C)(C)O2)O[C@@H]2OC(C)(C)O[C@@H]2[C@@H]1OCP[B]. The third-order valence-electron chi connectivity index (χ3n) is 4.62. The van der Waals surface area contributed by atoms with Gasteiger partial charge in [-0.3, -0.25) is 0 Å². The van der Waals surface area contributed by atoms with Gasteiger partial charge in [0.1, 0.15) is 33.4 Å². The minimum atomic E-state index is -0.932. The maximum atomic E-state index is 6.36. The Morgan fingerprint density at radius 3 is 2.31 bits per heavy atom. The van der Waals surface area contributed by atoms with E-state index in [1.165, 1.54) is 0 Å². The monoisotopic (exact) mass is 402 g/mol. The molecule has 7 nitrogen and oxygen atoms in total. The highest BCUT2D eigenvalue weighted by atomic mass is 31.1. The first kappa shape index (κ1) is 21.4. The third-order valence-corrected chi connectivity index (χ3v) is 5.32. The van der Waals surface area contributed by atoms with Gasteiger partial charge in [0, 0.05) is 0 Å².